The summed E-state index contributed by atoms with van der Waals surface area (Å²) in [5.74, 6) is 0.400. The highest BCUT2D eigenvalue weighted by Crippen LogP contribution is 2.11. The smallest absolute Gasteiger partial charge is 0.225 e. The van der Waals surface area contributed by atoms with Crippen LogP contribution in [0.3, 0.4) is 0 Å². The number of benzene rings is 2. The third-order valence-corrected chi connectivity index (χ3v) is 5.03. The van der Waals surface area contributed by atoms with Gasteiger partial charge in [-0.2, -0.15) is 0 Å². The first-order valence-corrected chi connectivity index (χ1v) is 10.5. The van der Waals surface area contributed by atoms with Crippen LogP contribution in [0.15, 0.2) is 53.5 Å². The zero-order valence-electron chi connectivity index (χ0n) is 17.9. The highest BCUT2D eigenvalue weighted by molar-refractivity contribution is 5.90. The minimum absolute atomic E-state index is 0.00775. The summed E-state index contributed by atoms with van der Waals surface area (Å²) in [6.45, 7) is 5.07. The van der Waals surface area contributed by atoms with Gasteiger partial charge in [-0.3, -0.25) is 14.7 Å². The van der Waals surface area contributed by atoms with E-state index >= 15 is 0 Å². The summed E-state index contributed by atoms with van der Waals surface area (Å²) in [6.07, 6.45) is 0.461. The molecule has 31 heavy (non-hydrogen) atoms. The summed E-state index contributed by atoms with van der Waals surface area (Å²) in [6, 6.07) is 14.1. The maximum absolute atomic E-state index is 13.0. The number of halogens is 1. The molecule has 3 rings (SSSR count). The molecular formula is C23H30FN5O2. The van der Waals surface area contributed by atoms with Crippen LogP contribution < -0.4 is 16.0 Å². The Kier molecular flexibility index (Phi) is 8.81. The second-order valence-electron chi connectivity index (χ2n) is 7.36. The topological polar surface area (TPSA) is 78.0 Å². The normalized spacial score (nSPS) is 14.8. The quantitative estimate of drug-likeness (QED) is 0.445. The van der Waals surface area contributed by atoms with Gasteiger partial charge in [0.15, 0.2) is 5.96 Å². The number of morpholine rings is 1. The number of carbonyl (C=O) groups is 1. The van der Waals surface area contributed by atoms with Crippen LogP contribution in [-0.4, -0.2) is 56.7 Å². The van der Waals surface area contributed by atoms with E-state index in [1.54, 1.807) is 19.2 Å². The maximum Gasteiger partial charge on any atom is 0.225 e. The molecule has 0 aliphatic carbocycles. The van der Waals surface area contributed by atoms with Gasteiger partial charge in [-0.05, 0) is 35.4 Å². The first-order chi connectivity index (χ1) is 15.1. The number of anilines is 1. The molecule has 2 aromatic carbocycles. The Bertz CT molecular complexity index is 867. The van der Waals surface area contributed by atoms with E-state index in [1.807, 2.05) is 24.3 Å². The molecule has 3 N–H and O–H groups in total. The molecule has 1 aliphatic rings. The number of guanidine groups is 1. The van der Waals surface area contributed by atoms with Crippen molar-refractivity contribution in [2.24, 2.45) is 4.99 Å². The molecule has 0 radical (unpaired) electrons. The predicted molar refractivity (Wildman–Crippen MR) is 120 cm³/mol. The standard InChI is InChI=1S/C23H30FN5O2/c1-25-23(26-16-18-5-7-20(24)8-6-18)27-17-19-3-2-4-21(15-19)28-22(30)9-10-29-11-13-31-14-12-29/h2-8,15H,9-14,16-17H2,1H3,(H,28,30)(H2,25,26,27). The Labute approximate surface area is 182 Å². The van der Waals surface area contributed by atoms with E-state index in [0.29, 0.717) is 25.5 Å². The first-order valence-electron chi connectivity index (χ1n) is 10.5. The van der Waals surface area contributed by atoms with Crippen molar-refractivity contribution >= 4 is 17.6 Å². The zero-order chi connectivity index (χ0) is 21.9. The van der Waals surface area contributed by atoms with Crippen molar-refractivity contribution in [2.45, 2.75) is 19.5 Å². The lowest BCUT2D eigenvalue weighted by Crippen LogP contribution is -2.38. The van der Waals surface area contributed by atoms with Crippen molar-refractivity contribution in [1.82, 2.24) is 15.5 Å². The fourth-order valence-electron chi connectivity index (χ4n) is 3.26. The summed E-state index contributed by atoms with van der Waals surface area (Å²) in [7, 11) is 1.70. The fraction of sp³-hybridized carbons (Fsp3) is 0.391. The Morgan fingerprint density at radius 2 is 1.77 bits per heavy atom. The number of hydrogen-bond donors (Lipinski definition) is 3. The van der Waals surface area contributed by atoms with Crippen molar-refractivity contribution in [3.05, 3.63) is 65.5 Å². The molecule has 0 spiro atoms. The first kappa shape index (κ1) is 22.7. The molecule has 2 aromatic rings. The van der Waals surface area contributed by atoms with E-state index in [1.165, 1.54) is 12.1 Å². The Morgan fingerprint density at radius 3 is 2.48 bits per heavy atom. The summed E-state index contributed by atoms with van der Waals surface area (Å²) >= 11 is 0. The number of ether oxygens (including phenoxy) is 1. The molecule has 166 valence electrons. The van der Waals surface area contributed by atoms with Gasteiger partial charge in [0.25, 0.3) is 0 Å². The number of amides is 1. The van der Waals surface area contributed by atoms with Gasteiger partial charge < -0.3 is 20.7 Å². The molecule has 1 aliphatic heterocycles. The van der Waals surface area contributed by atoms with Crippen LogP contribution in [-0.2, 0) is 22.6 Å². The zero-order valence-corrected chi connectivity index (χ0v) is 17.9. The number of nitrogens with zero attached hydrogens (tertiary/aromatic N) is 2. The van der Waals surface area contributed by atoms with Gasteiger partial charge in [0, 0.05) is 51.9 Å². The number of nitrogens with one attached hydrogen (secondary N) is 3. The molecule has 0 saturated carbocycles. The van der Waals surface area contributed by atoms with Crippen LogP contribution in [0.5, 0.6) is 0 Å². The Hall–Kier alpha value is -2.97. The molecule has 0 unspecified atom stereocenters. The number of carbonyl (C=O) groups excluding carboxylic acids is 1. The summed E-state index contributed by atoms with van der Waals surface area (Å²) in [5.41, 5.74) is 2.77. The van der Waals surface area contributed by atoms with Gasteiger partial charge in [-0.15, -0.1) is 0 Å². The van der Waals surface area contributed by atoms with E-state index in [4.69, 9.17) is 4.74 Å². The lowest BCUT2D eigenvalue weighted by atomic mass is 10.2. The Balaban J connectivity index is 1.43. The van der Waals surface area contributed by atoms with Gasteiger partial charge in [-0.25, -0.2) is 4.39 Å². The van der Waals surface area contributed by atoms with Crippen molar-refractivity contribution in [3.63, 3.8) is 0 Å². The highest BCUT2D eigenvalue weighted by atomic mass is 19.1. The van der Waals surface area contributed by atoms with E-state index in [2.05, 4.69) is 25.8 Å². The second-order valence-corrected chi connectivity index (χ2v) is 7.36. The van der Waals surface area contributed by atoms with Gasteiger partial charge in [-0.1, -0.05) is 24.3 Å². The van der Waals surface area contributed by atoms with Crippen LogP contribution in [0.25, 0.3) is 0 Å². The van der Waals surface area contributed by atoms with Gasteiger partial charge in [0.1, 0.15) is 5.82 Å². The summed E-state index contributed by atoms with van der Waals surface area (Å²) in [5, 5.41) is 9.43. The lowest BCUT2D eigenvalue weighted by Gasteiger charge is -2.26. The molecule has 1 saturated heterocycles. The third-order valence-electron chi connectivity index (χ3n) is 5.03. The van der Waals surface area contributed by atoms with Crippen molar-refractivity contribution in [2.75, 3.05) is 45.2 Å². The van der Waals surface area contributed by atoms with Gasteiger partial charge in [0.05, 0.1) is 13.2 Å². The van der Waals surface area contributed by atoms with E-state index in [9.17, 15) is 9.18 Å². The van der Waals surface area contributed by atoms with Crippen molar-refractivity contribution in [1.29, 1.82) is 0 Å². The number of rotatable bonds is 8. The highest BCUT2D eigenvalue weighted by Gasteiger charge is 2.12. The third kappa shape index (κ3) is 7.99. The Morgan fingerprint density at radius 1 is 1.06 bits per heavy atom. The fourth-order valence-corrected chi connectivity index (χ4v) is 3.26. The van der Waals surface area contributed by atoms with Gasteiger partial charge in [0.2, 0.25) is 5.91 Å². The molecule has 1 fully saturated rings. The molecule has 1 heterocycles. The minimum Gasteiger partial charge on any atom is -0.379 e. The molecule has 0 bridgehead atoms. The van der Waals surface area contributed by atoms with Gasteiger partial charge >= 0.3 is 0 Å². The van der Waals surface area contributed by atoms with Crippen LogP contribution in [0.2, 0.25) is 0 Å². The molecule has 7 nitrogen and oxygen atoms in total. The van der Waals surface area contributed by atoms with E-state index in [0.717, 1.165) is 49.7 Å². The lowest BCUT2D eigenvalue weighted by molar-refractivity contribution is -0.116. The summed E-state index contributed by atoms with van der Waals surface area (Å²) in [4.78, 5) is 18.7. The molecule has 8 heteroatoms. The SMILES string of the molecule is CN=C(NCc1ccc(F)cc1)NCc1cccc(NC(=O)CCN2CCOCC2)c1. The van der Waals surface area contributed by atoms with Crippen LogP contribution in [0.1, 0.15) is 17.5 Å². The predicted octanol–water partition coefficient (Wildman–Crippen LogP) is 2.35. The average Bonchev–Trinajstić information content (AvgIpc) is 2.80. The molecule has 0 aromatic heterocycles. The number of hydrogen-bond acceptors (Lipinski definition) is 4. The second kappa shape index (κ2) is 12.0. The molecule has 0 atom stereocenters. The van der Waals surface area contributed by atoms with E-state index < -0.39 is 0 Å². The monoisotopic (exact) mass is 427 g/mol. The summed E-state index contributed by atoms with van der Waals surface area (Å²) < 4.78 is 18.3. The largest absolute Gasteiger partial charge is 0.379 e. The van der Waals surface area contributed by atoms with Crippen LogP contribution in [0, 0.1) is 5.82 Å². The molecule has 1 amide bonds. The average molecular weight is 428 g/mol. The van der Waals surface area contributed by atoms with Crippen molar-refractivity contribution in [3.8, 4) is 0 Å². The minimum atomic E-state index is -0.251. The number of aliphatic imine (C=N–C) groups is 1. The maximum atomic E-state index is 13.0. The van der Waals surface area contributed by atoms with Crippen LogP contribution in [0.4, 0.5) is 10.1 Å². The van der Waals surface area contributed by atoms with Crippen molar-refractivity contribution < 1.29 is 13.9 Å². The van der Waals surface area contributed by atoms with E-state index in [-0.39, 0.29) is 11.7 Å². The molecular weight excluding hydrogens is 397 g/mol. The van der Waals surface area contributed by atoms with Crippen LogP contribution >= 0.6 is 0 Å².